The van der Waals surface area contributed by atoms with Crippen molar-refractivity contribution < 1.29 is 47.5 Å². The molecule has 86 heavy (non-hydrogen) atoms. The fourth-order valence-electron chi connectivity index (χ4n) is 9.57. The number of ether oxygens (including phenoxy) is 8. The number of hydrogen-bond acceptors (Lipinski definition) is 14. The van der Waals surface area contributed by atoms with Gasteiger partial charge in [-0.25, -0.2) is 9.59 Å². The molecule has 0 fully saturated rings. The van der Waals surface area contributed by atoms with Gasteiger partial charge < -0.3 is 37.9 Å². The van der Waals surface area contributed by atoms with Crippen LogP contribution in [0.15, 0.2) is 154 Å². The van der Waals surface area contributed by atoms with Crippen molar-refractivity contribution >= 4 is 34.7 Å². The van der Waals surface area contributed by atoms with Gasteiger partial charge in [-0.05, 0) is 147 Å². The Kier molecular flexibility index (Phi) is 32.4. The van der Waals surface area contributed by atoms with Crippen molar-refractivity contribution in [1.29, 1.82) is 0 Å². The van der Waals surface area contributed by atoms with Gasteiger partial charge in [0.2, 0.25) is 0 Å². The van der Waals surface area contributed by atoms with Crippen molar-refractivity contribution in [3.63, 3.8) is 0 Å². The van der Waals surface area contributed by atoms with Gasteiger partial charge in [-0.3, -0.25) is 0 Å². The summed E-state index contributed by atoms with van der Waals surface area (Å²) in [5.74, 6) is 3.12. The topological polar surface area (TPSA) is 157 Å². The Labute approximate surface area is 512 Å². The minimum absolute atomic E-state index is 0.275. The summed E-state index contributed by atoms with van der Waals surface area (Å²) in [6, 6.07) is 38.5. The van der Waals surface area contributed by atoms with Gasteiger partial charge >= 0.3 is 11.9 Å². The average Bonchev–Trinajstić information content (AvgIpc) is 3.60. The van der Waals surface area contributed by atoms with E-state index in [1.165, 1.54) is 128 Å². The maximum atomic E-state index is 13.4. The van der Waals surface area contributed by atoms with E-state index >= 15 is 0 Å². The fourth-order valence-corrected chi connectivity index (χ4v) is 9.57. The molecule has 6 aromatic carbocycles. The average molecular weight is 1180 g/mol. The Morgan fingerprint density at radius 2 is 0.581 bits per heavy atom. The molecule has 0 saturated heterocycles. The molecule has 14 nitrogen and oxygen atoms in total. The first kappa shape index (κ1) is 67.4. The minimum atomic E-state index is -0.519. The molecule has 6 aromatic rings. The summed E-state index contributed by atoms with van der Waals surface area (Å²) in [6.07, 6.45) is 32.0. The number of hydrogen-bond donors (Lipinski definition) is 0. The monoisotopic (exact) mass is 1170 g/mol. The number of carbonyl (C=O) groups excluding carboxylic acids is 2. The summed E-state index contributed by atoms with van der Waals surface area (Å²) in [6.45, 7) is 6.35. The van der Waals surface area contributed by atoms with Crippen molar-refractivity contribution in [2.45, 2.75) is 181 Å². The van der Waals surface area contributed by atoms with Gasteiger partial charge in [0, 0.05) is 12.1 Å². The molecule has 14 heteroatoms. The predicted molar refractivity (Wildman–Crippen MR) is 343 cm³/mol. The quantitative estimate of drug-likeness (QED) is 0.0156. The van der Waals surface area contributed by atoms with Crippen LogP contribution in [0.5, 0.6) is 46.0 Å². The number of esters is 2. The Bertz CT molecular complexity index is 2680. The zero-order valence-electron chi connectivity index (χ0n) is 51.8. The van der Waals surface area contributed by atoms with Crippen molar-refractivity contribution in [2.75, 3.05) is 40.6 Å². The molecule has 0 aliphatic carbocycles. The maximum absolute atomic E-state index is 13.4. The first-order chi connectivity index (χ1) is 42.3. The fraction of sp³-hybridized carbons (Fsp3) is 0.472. The zero-order valence-corrected chi connectivity index (χ0v) is 51.8. The molecule has 0 spiro atoms. The van der Waals surface area contributed by atoms with Crippen LogP contribution in [0.25, 0.3) is 0 Å². The summed E-state index contributed by atoms with van der Waals surface area (Å²) < 4.78 is 46.9. The van der Waals surface area contributed by atoms with Crippen LogP contribution in [0, 0.1) is 0 Å². The standard InChI is InChI=1S/C72H94N4O10/c1-5-7-9-11-13-15-17-19-21-23-25-27-51-81-63-39-31-57(32-40-63)71(77)85-65-47-49-67(75-73-59-35-43-61(79-3)44-36-59)69(55-65)83-53-29-30-54-84-70-56-66(48-50-68(70)76-74-60-37-45-62(80-4)46-38-60)86-72(78)58-33-41-64(42-34-58)82-52-28-26-24-22-20-18-16-14-12-10-8-6-2/h31-50,55-56H,5-30,51-54H2,1-4H3. The molecular weight excluding hydrogens is 1080 g/mol. The minimum Gasteiger partial charge on any atom is -0.497 e. The van der Waals surface area contributed by atoms with Crippen LogP contribution < -0.4 is 37.9 Å². The third-order valence-corrected chi connectivity index (χ3v) is 14.7. The zero-order chi connectivity index (χ0) is 60.5. The molecule has 0 bridgehead atoms. The highest BCUT2D eigenvalue weighted by Gasteiger charge is 2.15. The van der Waals surface area contributed by atoms with Crippen LogP contribution in [-0.2, 0) is 0 Å². The van der Waals surface area contributed by atoms with E-state index in [0.29, 0.717) is 94.4 Å². The number of rotatable bonds is 45. The molecule has 0 heterocycles. The van der Waals surface area contributed by atoms with Crippen LogP contribution in [0.3, 0.4) is 0 Å². The second-order valence-electron chi connectivity index (χ2n) is 21.8. The van der Waals surface area contributed by atoms with E-state index in [2.05, 4.69) is 34.3 Å². The van der Waals surface area contributed by atoms with Gasteiger partial charge in [0.15, 0.2) is 11.5 Å². The molecule has 0 radical (unpaired) electrons. The molecule has 0 amide bonds. The van der Waals surface area contributed by atoms with Gasteiger partial charge in [0.25, 0.3) is 0 Å². The van der Waals surface area contributed by atoms with Gasteiger partial charge in [-0.2, -0.15) is 10.2 Å². The highest BCUT2D eigenvalue weighted by atomic mass is 16.5. The Morgan fingerprint density at radius 3 is 0.907 bits per heavy atom. The largest absolute Gasteiger partial charge is 0.497 e. The van der Waals surface area contributed by atoms with Gasteiger partial charge in [-0.1, -0.05) is 155 Å². The molecule has 462 valence electrons. The number of methoxy groups -OCH3 is 2. The van der Waals surface area contributed by atoms with Gasteiger partial charge in [0.1, 0.15) is 45.9 Å². The normalized spacial score (nSPS) is 11.3. The first-order valence-corrected chi connectivity index (χ1v) is 31.9. The second-order valence-corrected chi connectivity index (χ2v) is 21.8. The Hall–Kier alpha value is -7.74. The van der Waals surface area contributed by atoms with E-state index in [1.54, 1.807) is 148 Å². The third kappa shape index (κ3) is 26.7. The summed E-state index contributed by atoms with van der Waals surface area (Å²) in [4.78, 5) is 26.8. The van der Waals surface area contributed by atoms with E-state index in [9.17, 15) is 9.59 Å². The molecule has 0 saturated carbocycles. The van der Waals surface area contributed by atoms with E-state index in [1.807, 2.05) is 0 Å². The van der Waals surface area contributed by atoms with Crippen molar-refractivity contribution in [3.8, 4) is 46.0 Å². The summed E-state index contributed by atoms with van der Waals surface area (Å²) >= 11 is 0. The molecule has 0 aromatic heterocycles. The lowest BCUT2D eigenvalue weighted by atomic mass is 10.1. The number of nitrogens with zero attached hydrogens (tertiary/aromatic N) is 4. The predicted octanol–water partition coefficient (Wildman–Crippen LogP) is 21.4. The summed E-state index contributed by atoms with van der Waals surface area (Å²) in [7, 11) is 3.21. The number of unbranched alkanes of at least 4 members (excludes halogenated alkanes) is 23. The highest BCUT2D eigenvalue weighted by Crippen LogP contribution is 2.36. The smallest absolute Gasteiger partial charge is 0.343 e. The Balaban J connectivity index is 0.993. The summed E-state index contributed by atoms with van der Waals surface area (Å²) in [5.41, 5.74) is 2.90. The van der Waals surface area contributed by atoms with E-state index in [4.69, 9.17) is 37.9 Å². The van der Waals surface area contributed by atoms with E-state index < -0.39 is 11.9 Å². The van der Waals surface area contributed by atoms with Crippen molar-refractivity contribution in [3.05, 3.63) is 145 Å². The number of benzene rings is 6. The third-order valence-electron chi connectivity index (χ3n) is 14.7. The van der Waals surface area contributed by atoms with E-state index in [0.717, 1.165) is 25.7 Å². The number of carbonyl (C=O) groups is 2. The first-order valence-electron chi connectivity index (χ1n) is 31.9. The lowest BCUT2D eigenvalue weighted by molar-refractivity contribution is 0.0724. The van der Waals surface area contributed by atoms with Crippen LogP contribution >= 0.6 is 0 Å². The van der Waals surface area contributed by atoms with Crippen molar-refractivity contribution in [1.82, 2.24) is 0 Å². The number of azo groups is 2. The van der Waals surface area contributed by atoms with Crippen LogP contribution in [-0.4, -0.2) is 52.6 Å². The van der Waals surface area contributed by atoms with Crippen LogP contribution in [0.1, 0.15) is 202 Å². The second kappa shape index (κ2) is 41.3. The molecule has 0 N–H and O–H groups in total. The molecule has 0 aliphatic heterocycles. The SMILES string of the molecule is CCCCCCCCCCCCCCOc1ccc(C(=O)Oc2ccc(N=Nc3ccc(OC)cc3)c(OCCCCOc3cc(OC(=O)c4ccc(OCCCCCCCCCCCCCC)cc4)ccc3N=Nc3ccc(OC)cc3)c2)cc1. The van der Waals surface area contributed by atoms with Crippen LogP contribution in [0.4, 0.5) is 22.7 Å². The van der Waals surface area contributed by atoms with Crippen molar-refractivity contribution in [2.24, 2.45) is 20.5 Å². The Morgan fingerprint density at radius 1 is 0.302 bits per heavy atom. The van der Waals surface area contributed by atoms with Crippen LogP contribution in [0.2, 0.25) is 0 Å². The molecule has 0 unspecified atom stereocenters. The molecule has 6 rings (SSSR count). The lowest BCUT2D eigenvalue weighted by Gasteiger charge is -2.13. The van der Waals surface area contributed by atoms with Gasteiger partial charge in [-0.15, -0.1) is 10.2 Å². The maximum Gasteiger partial charge on any atom is 0.343 e. The highest BCUT2D eigenvalue weighted by molar-refractivity contribution is 5.92. The molecular formula is C72H94N4O10. The summed E-state index contributed by atoms with van der Waals surface area (Å²) in [5, 5.41) is 17.8. The molecule has 0 aliphatic rings. The van der Waals surface area contributed by atoms with Gasteiger partial charge in [0.05, 0.1) is 63.1 Å². The molecule has 0 atom stereocenters. The lowest BCUT2D eigenvalue weighted by Crippen LogP contribution is -2.09. The van der Waals surface area contributed by atoms with E-state index in [-0.39, 0.29) is 24.7 Å².